The van der Waals surface area contributed by atoms with E-state index in [1.165, 1.54) is 7.11 Å². The standard InChI is InChI=1S/C22H23N3O5/c1-14(19-13-16-5-3-4-6-18(16)30-19)24-22(28)25-17-9-7-15(8-10-17)21(27)23-12-11-20(26)29-2/h3-10,13-14H,11-12H2,1-2H3,(H,23,27)(H2,24,25,28)/t14-/m1/s1. The minimum Gasteiger partial charge on any atom is -0.469 e. The second-order valence-corrected chi connectivity index (χ2v) is 6.67. The van der Waals surface area contributed by atoms with Crippen LogP contribution in [0, 0.1) is 0 Å². The maximum Gasteiger partial charge on any atom is 0.319 e. The molecule has 8 heteroatoms. The van der Waals surface area contributed by atoms with Crippen LogP contribution in [0.15, 0.2) is 59.0 Å². The van der Waals surface area contributed by atoms with Crippen molar-refractivity contribution in [2.24, 2.45) is 0 Å². The summed E-state index contributed by atoms with van der Waals surface area (Å²) >= 11 is 0. The smallest absolute Gasteiger partial charge is 0.319 e. The number of anilines is 1. The van der Waals surface area contributed by atoms with Crippen molar-refractivity contribution in [3.8, 4) is 0 Å². The molecule has 2 aromatic carbocycles. The van der Waals surface area contributed by atoms with E-state index in [0.717, 1.165) is 11.0 Å². The van der Waals surface area contributed by atoms with Gasteiger partial charge in [0.1, 0.15) is 11.3 Å². The summed E-state index contributed by atoms with van der Waals surface area (Å²) in [5, 5.41) is 9.15. The first kappa shape index (κ1) is 20.9. The Morgan fingerprint density at radius 2 is 1.80 bits per heavy atom. The van der Waals surface area contributed by atoms with Crippen molar-refractivity contribution in [1.29, 1.82) is 0 Å². The first-order chi connectivity index (χ1) is 14.5. The number of para-hydroxylation sites is 1. The molecule has 0 aliphatic rings. The number of urea groups is 1. The van der Waals surface area contributed by atoms with Gasteiger partial charge >= 0.3 is 12.0 Å². The average Bonchev–Trinajstić information content (AvgIpc) is 3.18. The van der Waals surface area contributed by atoms with Crippen LogP contribution in [-0.2, 0) is 9.53 Å². The van der Waals surface area contributed by atoms with E-state index in [-0.39, 0.29) is 24.9 Å². The van der Waals surface area contributed by atoms with Crippen molar-refractivity contribution in [2.45, 2.75) is 19.4 Å². The van der Waals surface area contributed by atoms with Crippen molar-refractivity contribution < 1.29 is 23.5 Å². The first-order valence-corrected chi connectivity index (χ1v) is 9.47. The number of furan rings is 1. The zero-order valence-corrected chi connectivity index (χ0v) is 16.7. The lowest BCUT2D eigenvalue weighted by Gasteiger charge is -2.13. The quantitative estimate of drug-likeness (QED) is 0.517. The van der Waals surface area contributed by atoms with E-state index >= 15 is 0 Å². The van der Waals surface area contributed by atoms with Gasteiger partial charge in [-0.3, -0.25) is 9.59 Å². The third-order valence-corrected chi connectivity index (χ3v) is 4.47. The molecule has 1 atom stereocenters. The third kappa shape index (κ3) is 5.38. The molecule has 3 N–H and O–H groups in total. The monoisotopic (exact) mass is 409 g/mol. The number of benzene rings is 2. The van der Waals surface area contributed by atoms with Crippen molar-refractivity contribution >= 4 is 34.6 Å². The van der Waals surface area contributed by atoms with E-state index < -0.39 is 12.0 Å². The third-order valence-electron chi connectivity index (χ3n) is 4.47. The topological polar surface area (TPSA) is 110 Å². The molecule has 0 spiro atoms. The molecule has 1 heterocycles. The van der Waals surface area contributed by atoms with Crippen molar-refractivity contribution in [3.05, 3.63) is 65.9 Å². The number of hydrogen-bond donors (Lipinski definition) is 3. The molecule has 0 fully saturated rings. The van der Waals surface area contributed by atoms with E-state index in [2.05, 4.69) is 20.7 Å². The number of rotatable bonds is 7. The second kappa shape index (κ2) is 9.60. The number of nitrogens with one attached hydrogen (secondary N) is 3. The Labute approximate surface area is 173 Å². The highest BCUT2D eigenvalue weighted by molar-refractivity contribution is 5.95. The summed E-state index contributed by atoms with van der Waals surface area (Å²) < 4.78 is 10.3. The van der Waals surface area contributed by atoms with Crippen LogP contribution in [0.2, 0.25) is 0 Å². The van der Waals surface area contributed by atoms with Gasteiger partial charge in [-0.05, 0) is 43.3 Å². The van der Waals surface area contributed by atoms with Crippen LogP contribution >= 0.6 is 0 Å². The largest absolute Gasteiger partial charge is 0.469 e. The number of fused-ring (bicyclic) bond motifs is 1. The van der Waals surface area contributed by atoms with Crippen molar-refractivity contribution in [2.75, 3.05) is 19.0 Å². The fraction of sp³-hybridized carbons (Fsp3) is 0.227. The number of methoxy groups -OCH3 is 1. The van der Waals surface area contributed by atoms with E-state index in [0.29, 0.717) is 17.0 Å². The van der Waals surface area contributed by atoms with Crippen LogP contribution in [-0.4, -0.2) is 31.6 Å². The van der Waals surface area contributed by atoms with Crippen LogP contribution in [0.5, 0.6) is 0 Å². The van der Waals surface area contributed by atoms with Gasteiger partial charge in [0.05, 0.1) is 19.6 Å². The molecular weight excluding hydrogens is 386 g/mol. The molecule has 3 aromatic rings. The Morgan fingerprint density at radius 1 is 1.07 bits per heavy atom. The van der Waals surface area contributed by atoms with Crippen LogP contribution in [0.25, 0.3) is 11.0 Å². The van der Waals surface area contributed by atoms with Crippen molar-refractivity contribution in [1.82, 2.24) is 10.6 Å². The summed E-state index contributed by atoms with van der Waals surface area (Å²) in [5.41, 5.74) is 1.72. The molecule has 30 heavy (non-hydrogen) atoms. The van der Waals surface area contributed by atoms with E-state index in [1.54, 1.807) is 24.3 Å². The van der Waals surface area contributed by atoms with Gasteiger partial charge in [-0.15, -0.1) is 0 Å². The molecule has 3 amide bonds. The maximum atomic E-state index is 12.3. The molecule has 0 radical (unpaired) electrons. The number of carbonyl (C=O) groups excluding carboxylic acids is 3. The van der Waals surface area contributed by atoms with Gasteiger partial charge in [-0.1, -0.05) is 18.2 Å². The first-order valence-electron chi connectivity index (χ1n) is 9.47. The number of esters is 1. The Bertz CT molecular complexity index is 1010. The molecule has 8 nitrogen and oxygen atoms in total. The number of amides is 3. The van der Waals surface area contributed by atoms with Crippen LogP contribution in [0.1, 0.15) is 35.5 Å². The minimum absolute atomic E-state index is 0.103. The summed E-state index contributed by atoms with van der Waals surface area (Å²) in [4.78, 5) is 35.4. The van der Waals surface area contributed by atoms with Gasteiger partial charge in [0.15, 0.2) is 0 Å². The Kier molecular flexibility index (Phi) is 6.69. The molecule has 1 aromatic heterocycles. The van der Waals surface area contributed by atoms with Gasteiger partial charge in [0.2, 0.25) is 0 Å². The lowest BCUT2D eigenvalue weighted by Crippen LogP contribution is -2.31. The average molecular weight is 409 g/mol. The Morgan fingerprint density at radius 3 is 2.50 bits per heavy atom. The molecule has 0 aliphatic heterocycles. The van der Waals surface area contributed by atoms with Gasteiger partial charge in [0.25, 0.3) is 5.91 Å². The summed E-state index contributed by atoms with van der Waals surface area (Å²) in [5.74, 6) is -0.0449. The predicted octanol–water partition coefficient (Wildman–Crippen LogP) is 3.61. The zero-order valence-electron chi connectivity index (χ0n) is 16.7. The van der Waals surface area contributed by atoms with Crippen LogP contribution in [0.3, 0.4) is 0 Å². The van der Waals surface area contributed by atoms with E-state index in [9.17, 15) is 14.4 Å². The molecular formula is C22H23N3O5. The fourth-order valence-corrected chi connectivity index (χ4v) is 2.84. The van der Waals surface area contributed by atoms with E-state index in [1.807, 2.05) is 37.3 Å². The highest BCUT2D eigenvalue weighted by Gasteiger charge is 2.14. The highest BCUT2D eigenvalue weighted by atomic mass is 16.5. The number of hydrogen-bond acceptors (Lipinski definition) is 5. The summed E-state index contributed by atoms with van der Waals surface area (Å²) in [6.45, 7) is 2.02. The van der Waals surface area contributed by atoms with Crippen LogP contribution in [0.4, 0.5) is 10.5 Å². The van der Waals surface area contributed by atoms with Gasteiger partial charge in [-0.2, -0.15) is 0 Å². The molecule has 0 aliphatic carbocycles. The molecule has 0 saturated heterocycles. The summed E-state index contributed by atoms with van der Waals surface area (Å²) in [6, 6.07) is 15.3. The van der Waals surface area contributed by atoms with Crippen LogP contribution < -0.4 is 16.0 Å². The minimum atomic E-state index is -0.391. The molecule has 3 rings (SSSR count). The SMILES string of the molecule is COC(=O)CCNC(=O)c1ccc(NC(=O)N[C@H](C)c2cc3ccccc3o2)cc1. The van der Waals surface area contributed by atoms with Gasteiger partial charge in [-0.25, -0.2) is 4.79 Å². The summed E-state index contributed by atoms with van der Waals surface area (Å²) in [6.07, 6.45) is 0.103. The second-order valence-electron chi connectivity index (χ2n) is 6.67. The van der Waals surface area contributed by atoms with Gasteiger partial charge < -0.3 is 25.1 Å². The van der Waals surface area contributed by atoms with E-state index in [4.69, 9.17) is 4.42 Å². The predicted molar refractivity (Wildman–Crippen MR) is 112 cm³/mol. The fourth-order valence-electron chi connectivity index (χ4n) is 2.84. The highest BCUT2D eigenvalue weighted by Crippen LogP contribution is 2.23. The Balaban J connectivity index is 1.51. The molecule has 0 saturated carbocycles. The maximum absolute atomic E-state index is 12.3. The summed E-state index contributed by atoms with van der Waals surface area (Å²) in [7, 11) is 1.30. The number of carbonyl (C=O) groups is 3. The lowest BCUT2D eigenvalue weighted by molar-refractivity contribution is -0.140. The zero-order chi connectivity index (χ0) is 21.5. The van der Waals surface area contributed by atoms with Gasteiger partial charge in [0, 0.05) is 23.2 Å². The Hall–Kier alpha value is -3.81. The molecule has 0 bridgehead atoms. The molecule has 0 unspecified atom stereocenters. The van der Waals surface area contributed by atoms with Crippen molar-refractivity contribution in [3.63, 3.8) is 0 Å². The molecule has 156 valence electrons. The number of ether oxygens (including phenoxy) is 1. The lowest BCUT2D eigenvalue weighted by atomic mass is 10.2. The normalized spacial score (nSPS) is 11.5.